The molecule has 0 unspecified atom stereocenters. The Hall–Kier alpha value is -4.39. The van der Waals surface area contributed by atoms with Crippen molar-refractivity contribution in [3.05, 3.63) is 102 Å². The molecule has 3 aromatic carbocycles. The first-order valence-electron chi connectivity index (χ1n) is 11.3. The topological polar surface area (TPSA) is 95.9 Å². The van der Waals surface area contributed by atoms with E-state index in [9.17, 15) is 19.5 Å². The van der Waals surface area contributed by atoms with Crippen molar-refractivity contribution >= 4 is 23.7 Å². The summed E-state index contributed by atoms with van der Waals surface area (Å²) in [6.45, 7) is 1.39. The fourth-order valence-corrected chi connectivity index (χ4v) is 4.26. The van der Waals surface area contributed by atoms with E-state index in [2.05, 4.69) is 29.6 Å². The Morgan fingerprint density at radius 2 is 1.49 bits per heavy atom. The summed E-state index contributed by atoms with van der Waals surface area (Å²) in [6, 6.07) is 24.8. The zero-order valence-electron chi connectivity index (χ0n) is 19.3. The molecular weight excluding hydrogens is 444 g/mol. The van der Waals surface area contributed by atoms with E-state index in [1.54, 1.807) is 43.3 Å². The SMILES string of the molecule is C/C(=C\CNC(=O)OCC1c2ccccc2-c2ccccc21)C(=O)N(CC(=O)O)c1ccccc1. The second kappa shape index (κ2) is 10.7. The van der Waals surface area contributed by atoms with Crippen LogP contribution in [0, 0.1) is 0 Å². The van der Waals surface area contributed by atoms with Gasteiger partial charge in [0.15, 0.2) is 0 Å². The van der Waals surface area contributed by atoms with E-state index in [4.69, 9.17) is 4.74 Å². The molecule has 1 aliphatic carbocycles. The number of carbonyl (C=O) groups excluding carboxylic acids is 2. The maximum Gasteiger partial charge on any atom is 0.407 e. The Morgan fingerprint density at radius 1 is 0.914 bits per heavy atom. The molecule has 0 bridgehead atoms. The summed E-state index contributed by atoms with van der Waals surface area (Å²) in [4.78, 5) is 37.6. The summed E-state index contributed by atoms with van der Waals surface area (Å²) in [5.74, 6) is -1.61. The van der Waals surface area contributed by atoms with E-state index in [1.165, 1.54) is 4.90 Å². The van der Waals surface area contributed by atoms with Crippen molar-refractivity contribution in [2.75, 3.05) is 24.6 Å². The molecule has 7 heteroatoms. The molecule has 0 radical (unpaired) electrons. The van der Waals surface area contributed by atoms with Crippen molar-refractivity contribution in [1.82, 2.24) is 5.32 Å². The minimum Gasteiger partial charge on any atom is -0.480 e. The van der Waals surface area contributed by atoms with E-state index in [-0.39, 0.29) is 19.1 Å². The molecule has 0 fully saturated rings. The molecule has 0 saturated heterocycles. The summed E-state index contributed by atoms with van der Waals surface area (Å²) in [6.07, 6.45) is 0.954. The molecule has 1 aliphatic rings. The lowest BCUT2D eigenvalue weighted by molar-refractivity contribution is -0.136. The van der Waals surface area contributed by atoms with Gasteiger partial charge < -0.3 is 15.2 Å². The van der Waals surface area contributed by atoms with Crippen molar-refractivity contribution in [2.45, 2.75) is 12.8 Å². The van der Waals surface area contributed by atoms with Crippen LogP contribution in [0.3, 0.4) is 0 Å². The number of nitrogens with one attached hydrogen (secondary N) is 1. The first-order chi connectivity index (χ1) is 17.0. The fraction of sp³-hybridized carbons (Fsp3) is 0.179. The molecule has 178 valence electrons. The molecule has 2 N–H and O–H groups in total. The van der Waals surface area contributed by atoms with Crippen molar-refractivity contribution in [2.24, 2.45) is 0 Å². The van der Waals surface area contributed by atoms with Crippen LogP contribution >= 0.6 is 0 Å². The van der Waals surface area contributed by atoms with E-state index in [1.807, 2.05) is 24.3 Å². The van der Waals surface area contributed by atoms with Gasteiger partial charge in [-0.05, 0) is 41.3 Å². The lowest BCUT2D eigenvalue weighted by atomic mass is 9.98. The average Bonchev–Trinajstić information content (AvgIpc) is 3.19. The number of amides is 2. The van der Waals surface area contributed by atoms with Gasteiger partial charge in [-0.2, -0.15) is 0 Å². The van der Waals surface area contributed by atoms with E-state index < -0.39 is 24.5 Å². The van der Waals surface area contributed by atoms with Gasteiger partial charge in [-0.25, -0.2) is 4.79 Å². The molecule has 0 aromatic heterocycles. The van der Waals surface area contributed by atoms with E-state index in [0.717, 1.165) is 22.3 Å². The maximum absolute atomic E-state index is 12.8. The number of benzene rings is 3. The number of ether oxygens (including phenoxy) is 1. The highest BCUT2D eigenvalue weighted by Gasteiger charge is 2.29. The lowest BCUT2D eigenvalue weighted by Gasteiger charge is -2.21. The summed E-state index contributed by atoms with van der Waals surface area (Å²) >= 11 is 0. The molecule has 35 heavy (non-hydrogen) atoms. The second-order valence-electron chi connectivity index (χ2n) is 8.21. The van der Waals surface area contributed by atoms with Crippen LogP contribution in [0.25, 0.3) is 11.1 Å². The zero-order chi connectivity index (χ0) is 24.8. The first kappa shape index (κ1) is 23.8. The number of nitrogens with zero attached hydrogens (tertiary/aromatic N) is 1. The van der Waals surface area contributed by atoms with E-state index in [0.29, 0.717) is 11.3 Å². The summed E-state index contributed by atoms with van der Waals surface area (Å²) in [5.41, 5.74) is 5.35. The monoisotopic (exact) mass is 470 g/mol. The number of alkyl carbamates (subject to hydrolysis) is 1. The Kier molecular flexibility index (Phi) is 7.26. The minimum absolute atomic E-state index is 0.0394. The van der Waals surface area contributed by atoms with Gasteiger partial charge in [0.05, 0.1) is 0 Å². The number of carbonyl (C=O) groups is 3. The molecule has 0 spiro atoms. The van der Waals surface area contributed by atoms with Crippen molar-refractivity contribution in [1.29, 1.82) is 0 Å². The molecule has 4 rings (SSSR count). The van der Waals surface area contributed by atoms with Crippen LogP contribution in [0.1, 0.15) is 24.0 Å². The molecular formula is C28H26N2O5. The molecule has 0 heterocycles. The zero-order valence-corrected chi connectivity index (χ0v) is 19.3. The smallest absolute Gasteiger partial charge is 0.407 e. The Bertz CT molecular complexity index is 1220. The Morgan fingerprint density at radius 3 is 2.09 bits per heavy atom. The maximum atomic E-state index is 12.8. The number of fused-ring (bicyclic) bond motifs is 3. The second-order valence-corrected chi connectivity index (χ2v) is 8.21. The van der Waals surface area contributed by atoms with Crippen molar-refractivity contribution in [3.8, 4) is 11.1 Å². The Balaban J connectivity index is 1.34. The summed E-state index contributed by atoms with van der Waals surface area (Å²) in [5, 5.41) is 11.8. The standard InChI is InChI=1S/C28H26N2O5/c1-19(27(33)30(17-26(31)32)20-9-3-2-4-10-20)15-16-29-28(34)35-18-25-23-13-7-5-11-21(23)22-12-6-8-14-24(22)25/h2-15,25H,16-18H2,1H3,(H,29,34)(H,31,32)/b19-15+. The highest BCUT2D eigenvalue weighted by atomic mass is 16.5. The number of rotatable bonds is 8. The number of hydrogen-bond acceptors (Lipinski definition) is 4. The van der Waals surface area contributed by atoms with Gasteiger partial charge in [-0.1, -0.05) is 72.8 Å². The molecule has 0 atom stereocenters. The van der Waals surface area contributed by atoms with Gasteiger partial charge in [0.1, 0.15) is 13.2 Å². The van der Waals surface area contributed by atoms with Crippen LogP contribution in [-0.2, 0) is 14.3 Å². The number of para-hydroxylation sites is 1. The minimum atomic E-state index is -1.12. The fourth-order valence-electron chi connectivity index (χ4n) is 4.26. The van der Waals surface area contributed by atoms with Gasteiger partial charge in [0.25, 0.3) is 5.91 Å². The number of hydrogen-bond donors (Lipinski definition) is 2. The predicted octanol–water partition coefficient (Wildman–Crippen LogP) is 4.59. The van der Waals surface area contributed by atoms with Crippen molar-refractivity contribution < 1.29 is 24.2 Å². The number of anilines is 1. The van der Waals surface area contributed by atoms with Crippen LogP contribution in [0.15, 0.2) is 90.5 Å². The average molecular weight is 471 g/mol. The van der Waals surface area contributed by atoms with Gasteiger partial charge in [0, 0.05) is 23.7 Å². The number of carboxylic acids is 1. The largest absolute Gasteiger partial charge is 0.480 e. The highest BCUT2D eigenvalue weighted by molar-refractivity contribution is 6.07. The normalized spacial score (nSPS) is 12.4. The van der Waals surface area contributed by atoms with Gasteiger partial charge in [-0.3, -0.25) is 14.5 Å². The third kappa shape index (κ3) is 5.41. The van der Waals surface area contributed by atoms with Crippen LogP contribution in [0.5, 0.6) is 0 Å². The molecule has 0 saturated carbocycles. The van der Waals surface area contributed by atoms with Crippen LogP contribution in [0.2, 0.25) is 0 Å². The van der Waals surface area contributed by atoms with E-state index >= 15 is 0 Å². The summed E-state index contributed by atoms with van der Waals surface area (Å²) in [7, 11) is 0. The molecule has 2 amide bonds. The first-order valence-corrected chi connectivity index (χ1v) is 11.3. The summed E-state index contributed by atoms with van der Waals surface area (Å²) < 4.78 is 5.50. The highest BCUT2D eigenvalue weighted by Crippen LogP contribution is 2.44. The van der Waals surface area contributed by atoms with Gasteiger partial charge >= 0.3 is 12.1 Å². The third-order valence-corrected chi connectivity index (χ3v) is 5.94. The predicted molar refractivity (Wildman–Crippen MR) is 133 cm³/mol. The molecule has 7 nitrogen and oxygen atoms in total. The van der Waals surface area contributed by atoms with Gasteiger partial charge in [-0.15, -0.1) is 0 Å². The lowest BCUT2D eigenvalue weighted by Crippen LogP contribution is -2.36. The number of aliphatic carboxylic acids is 1. The quantitative estimate of drug-likeness (QED) is 0.470. The van der Waals surface area contributed by atoms with Crippen LogP contribution < -0.4 is 10.2 Å². The molecule has 3 aromatic rings. The Labute approximate surface area is 203 Å². The van der Waals surface area contributed by atoms with Crippen LogP contribution in [-0.4, -0.2) is 42.8 Å². The van der Waals surface area contributed by atoms with Crippen LogP contribution in [0.4, 0.5) is 10.5 Å². The number of carboxylic acid groups (broad SMARTS) is 1. The third-order valence-electron chi connectivity index (χ3n) is 5.94. The van der Waals surface area contributed by atoms with Gasteiger partial charge in [0.2, 0.25) is 0 Å². The molecule has 0 aliphatic heterocycles. The van der Waals surface area contributed by atoms with Crippen molar-refractivity contribution in [3.63, 3.8) is 0 Å².